The highest BCUT2D eigenvalue weighted by molar-refractivity contribution is 7.99. The van der Waals surface area contributed by atoms with E-state index in [0.717, 1.165) is 0 Å². The lowest BCUT2D eigenvalue weighted by molar-refractivity contribution is 0.440. The standard InChI is InChI=1S/C8H18F4N2O8S4Si/c1-27(2,7-3-5-13(23(9,15)16)24(10,17)18)8-4-6-14(25(11,19)20)26(12,21)22/h3-8H2,1-2H3. The van der Waals surface area contributed by atoms with Gasteiger partial charge in [-0.1, -0.05) is 40.7 Å². The van der Waals surface area contributed by atoms with Crippen molar-refractivity contribution in [3.63, 3.8) is 0 Å². The number of hydrogen-bond donors (Lipinski definition) is 0. The SMILES string of the molecule is C[Si](C)(CCCN(S(=O)(=O)F)S(=O)(=O)F)CCCN(S(=O)(=O)F)S(=O)(=O)F. The summed E-state index contributed by atoms with van der Waals surface area (Å²) in [6.45, 7) is 1.23. The monoisotopic (exact) mass is 502 g/mol. The van der Waals surface area contributed by atoms with Crippen molar-refractivity contribution in [2.45, 2.75) is 38.0 Å². The van der Waals surface area contributed by atoms with E-state index in [9.17, 15) is 49.2 Å². The zero-order chi connectivity index (χ0) is 21.9. The molecule has 0 spiro atoms. The molecule has 0 aromatic heterocycles. The molecule has 0 fully saturated rings. The average molecular weight is 503 g/mol. The van der Waals surface area contributed by atoms with Crippen molar-refractivity contribution in [3.05, 3.63) is 0 Å². The third-order valence-corrected chi connectivity index (χ3v) is 11.6. The molecule has 0 bridgehead atoms. The van der Waals surface area contributed by atoms with Crippen LogP contribution in [-0.2, 0) is 41.6 Å². The van der Waals surface area contributed by atoms with Gasteiger partial charge in [0.05, 0.1) is 0 Å². The van der Waals surface area contributed by atoms with Gasteiger partial charge < -0.3 is 0 Å². The summed E-state index contributed by atoms with van der Waals surface area (Å²) in [5, 5.41) is 0. The Morgan fingerprint density at radius 1 is 0.593 bits per heavy atom. The Balaban J connectivity index is 4.84. The molecule has 164 valence electrons. The Kier molecular flexibility index (Phi) is 8.87. The zero-order valence-corrected chi connectivity index (χ0v) is 18.3. The molecule has 0 aromatic carbocycles. The second-order valence-corrected chi connectivity index (χ2v) is 17.0. The van der Waals surface area contributed by atoms with E-state index in [1.165, 1.54) is 0 Å². The first-order valence-corrected chi connectivity index (χ1v) is 15.8. The molecule has 0 unspecified atom stereocenters. The molecule has 0 amide bonds. The normalized spacial score (nSPS) is 14.8. The maximum Gasteiger partial charge on any atom is 0.390 e. The largest absolute Gasteiger partial charge is 0.390 e. The highest BCUT2D eigenvalue weighted by atomic mass is 32.3. The molecule has 0 aliphatic rings. The lowest BCUT2D eigenvalue weighted by Gasteiger charge is -2.23. The number of halogens is 4. The fraction of sp³-hybridized carbons (Fsp3) is 1.00. The highest BCUT2D eigenvalue weighted by Gasteiger charge is 2.36. The van der Waals surface area contributed by atoms with Crippen LogP contribution in [0, 0.1) is 0 Å². The Hall–Kier alpha value is -0.343. The van der Waals surface area contributed by atoms with Crippen LogP contribution in [0.4, 0.5) is 15.5 Å². The van der Waals surface area contributed by atoms with E-state index < -0.39 is 70.2 Å². The second kappa shape index (κ2) is 8.99. The van der Waals surface area contributed by atoms with Gasteiger partial charge in [-0.3, -0.25) is 0 Å². The van der Waals surface area contributed by atoms with Gasteiger partial charge in [0.2, 0.25) is 0 Å². The van der Waals surface area contributed by atoms with Crippen molar-refractivity contribution in [1.29, 1.82) is 0 Å². The zero-order valence-electron chi connectivity index (χ0n) is 14.0. The Bertz CT molecular complexity index is 795. The minimum absolute atomic E-state index is 0.0965. The summed E-state index contributed by atoms with van der Waals surface area (Å²) in [4.78, 5) is 0. The van der Waals surface area contributed by atoms with Gasteiger partial charge in [-0.25, -0.2) is 0 Å². The summed E-state index contributed by atoms with van der Waals surface area (Å²) in [5.74, 6) is 0. The first-order chi connectivity index (χ1) is 11.7. The number of hydrogen-bond acceptors (Lipinski definition) is 8. The van der Waals surface area contributed by atoms with Gasteiger partial charge in [-0.15, -0.1) is 0 Å². The first-order valence-electron chi connectivity index (χ1n) is 7.02. The summed E-state index contributed by atoms with van der Waals surface area (Å²) in [7, 11) is -25.8. The Morgan fingerprint density at radius 3 is 1.00 bits per heavy atom. The van der Waals surface area contributed by atoms with Gasteiger partial charge >= 0.3 is 41.6 Å². The molecule has 0 N–H and O–H groups in total. The number of nitrogens with zero attached hydrogens (tertiary/aromatic N) is 2. The van der Waals surface area contributed by atoms with Crippen molar-refractivity contribution in [1.82, 2.24) is 7.42 Å². The fourth-order valence-electron chi connectivity index (χ4n) is 2.15. The van der Waals surface area contributed by atoms with Crippen LogP contribution >= 0.6 is 0 Å². The van der Waals surface area contributed by atoms with Crippen LogP contribution in [0.1, 0.15) is 12.8 Å². The van der Waals surface area contributed by atoms with Gasteiger partial charge in [0.25, 0.3) is 0 Å². The van der Waals surface area contributed by atoms with Crippen molar-refractivity contribution >= 4 is 49.7 Å². The van der Waals surface area contributed by atoms with E-state index in [0.29, 0.717) is 0 Å². The highest BCUT2D eigenvalue weighted by Crippen LogP contribution is 2.23. The first kappa shape index (κ1) is 26.7. The van der Waals surface area contributed by atoms with Crippen LogP contribution in [0.3, 0.4) is 0 Å². The van der Waals surface area contributed by atoms with Crippen LogP contribution < -0.4 is 0 Å². The van der Waals surface area contributed by atoms with Crippen LogP contribution in [-0.4, -0.2) is 62.3 Å². The van der Waals surface area contributed by atoms with Gasteiger partial charge in [0, 0.05) is 21.2 Å². The Morgan fingerprint density at radius 2 is 0.815 bits per heavy atom. The predicted octanol–water partition coefficient (Wildman–Crippen LogP) is 0.936. The van der Waals surface area contributed by atoms with Gasteiger partial charge in [0.15, 0.2) is 0 Å². The quantitative estimate of drug-likeness (QED) is 0.218. The molecule has 0 saturated carbocycles. The number of rotatable bonds is 12. The molecule has 19 heteroatoms. The molecule has 0 atom stereocenters. The van der Waals surface area contributed by atoms with E-state index >= 15 is 0 Å². The second-order valence-electron chi connectivity index (χ2n) is 6.13. The van der Waals surface area contributed by atoms with E-state index in [1.54, 1.807) is 13.1 Å². The topological polar surface area (TPSA) is 143 Å². The van der Waals surface area contributed by atoms with Crippen LogP contribution in [0.15, 0.2) is 0 Å². The molecular weight excluding hydrogens is 484 g/mol. The van der Waals surface area contributed by atoms with Crippen LogP contribution in [0.25, 0.3) is 0 Å². The van der Waals surface area contributed by atoms with Gasteiger partial charge in [0.1, 0.15) is 0 Å². The van der Waals surface area contributed by atoms with E-state index in [4.69, 9.17) is 0 Å². The Labute approximate surface area is 157 Å². The van der Waals surface area contributed by atoms with Gasteiger partial charge in [-0.05, 0) is 20.3 Å². The van der Waals surface area contributed by atoms with Crippen molar-refractivity contribution in [2.24, 2.45) is 0 Å². The minimum Gasteiger partial charge on any atom is -0.176 e. The lowest BCUT2D eigenvalue weighted by atomic mass is 10.5. The molecular formula is C8H18F4N2O8S4Si. The van der Waals surface area contributed by atoms with Crippen molar-refractivity contribution in [2.75, 3.05) is 13.1 Å². The molecule has 27 heavy (non-hydrogen) atoms. The third kappa shape index (κ3) is 10.1. The molecule has 0 aliphatic carbocycles. The average Bonchev–Trinajstić information content (AvgIpc) is 2.33. The molecule has 0 aliphatic heterocycles. The minimum atomic E-state index is -5.84. The summed E-state index contributed by atoms with van der Waals surface area (Å²) < 4.78 is 134. The summed E-state index contributed by atoms with van der Waals surface area (Å²) in [6, 6.07) is 0.193. The fourth-order valence-corrected chi connectivity index (χ4v) is 7.72. The van der Waals surface area contributed by atoms with Crippen LogP contribution in [0.5, 0.6) is 0 Å². The van der Waals surface area contributed by atoms with E-state index in [-0.39, 0.29) is 24.9 Å². The molecule has 0 aromatic rings. The summed E-state index contributed by atoms with van der Waals surface area (Å²) in [5.41, 5.74) is 0. The van der Waals surface area contributed by atoms with E-state index in [1.807, 2.05) is 0 Å². The van der Waals surface area contributed by atoms with Crippen LogP contribution in [0.2, 0.25) is 25.2 Å². The smallest absolute Gasteiger partial charge is 0.176 e. The molecule has 0 saturated heterocycles. The molecule has 0 heterocycles. The van der Waals surface area contributed by atoms with Gasteiger partial charge in [-0.2, -0.15) is 33.7 Å². The van der Waals surface area contributed by atoms with Crippen molar-refractivity contribution < 1.29 is 49.2 Å². The molecule has 10 nitrogen and oxygen atoms in total. The third-order valence-electron chi connectivity index (χ3n) is 3.36. The maximum absolute atomic E-state index is 12.8. The lowest BCUT2D eigenvalue weighted by Crippen LogP contribution is -2.35. The molecule has 0 rings (SSSR count). The van der Waals surface area contributed by atoms with E-state index in [2.05, 4.69) is 0 Å². The summed E-state index contributed by atoms with van der Waals surface area (Å²) in [6.07, 6.45) is -0.559. The maximum atomic E-state index is 12.8. The predicted molar refractivity (Wildman–Crippen MR) is 89.9 cm³/mol. The summed E-state index contributed by atoms with van der Waals surface area (Å²) >= 11 is 0. The van der Waals surface area contributed by atoms with Crippen molar-refractivity contribution in [3.8, 4) is 0 Å². The molecule has 0 radical (unpaired) electrons.